The van der Waals surface area contributed by atoms with Gasteiger partial charge in [-0.25, -0.2) is 4.39 Å². The van der Waals surface area contributed by atoms with Gasteiger partial charge in [0.25, 0.3) is 0 Å². The van der Waals surface area contributed by atoms with Crippen LogP contribution in [0.3, 0.4) is 0 Å². The summed E-state index contributed by atoms with van der Waals surface area (Å²) in [5.41, 5.74) is 2.80. The van der Waals surface area contributed by atoms with Crippen LogP contribution < -0.4 is 4.74 Å². The molecule has 0 radical (unpaired) electrons. The van der Waals surface area contributed by atoms with Crippen molar-refractivity contribution in [2.75, 3.05) is 7.11 Å². The number of ether oxygens (including phenoxy) is 1. The minimum absolute atomic E-state index is 0.239. The molecule has 1 nitrogen and oxygen atoms in total. The van der Waals surface area contributed by atoms with E-state index in [0.717, 1.165) is 22.4 Å². The van der Waals surface area contributed by atoms with E-state index in [4.69, 9.17) is 4.74 Å². The standard InChI is InChI=1S/C18H17FO/c1-3-4-11-18(14-7-5-9-16(19)12-14)15-8-6-10-17(13-15)20-2/h3-13H,1-2H3/b4-3+,18-11-. The van der Waals surface area contributed by atoms with E-state index in [-0.39, 0.29) is 5.82 Å². The molecular formula is C18H17FO. The molecule has 0 aliphatic rings. The first-order valence-electron chi connectivity index (χ1n) is 6.48. The van der Waals surface area contributed by atoms with Gasteiger partial charge < -0.3 is 4.74 Å². The molecule has 0 aromatic heterocycles. The van der Waals surface area contributed by atoms with E-state index in [9.17, 15) is 4.39 Å². The van der Waals surface area contributed by atoms with E-state index in [1.54, 1.807) is 13.2 Å². The van der Waals surface area contributed by atoms with Crippen molar-refractivity contribution in [3.8, 4) is 5.75 Å². The smallest absolute Gasteiger partial charge is 0.123 e. The molecular weight excluding hydrogens is 251 g/mol. The fraction of sp³-hybridized carbons (Fsp3) is 0.111. The third-order valence-electron chi connectivity index (χ3n) is 2.97. The van der Waals surface area contributed by atoms with Crippen molar-refractivity contribution in [3.05, 3.63) is 83.7 Å². The summed E-state index contributed by atoms with van der Waals surface area (Å²) in [5.74, 6) is 0.544. The zero-order chi connectivity index (χ0) is 14.4. The maximum Gasteiger partial charge on any atom is 0.123 e. The topological polar surface area (TPSA) is 9.23 Å². The normalized spacial score (nSPS) is 11.8. The molecule has 2 aromatic rings. The highest BCUT2D eigenvalue weighted by Crippen LogP contribution is 2.26. The lowest BCUT2D eigenvalue weighted by Gasteiger charge is -2.09. The summed E-state index contributed by atoms with van der Waals surface area (Å²) in [6.07, 6.45) is 5.86. The van der Waals surface area contributed by atoms with Gasteiger partial charge in [0.15, 0.2) is 0 Å². The lowest BCUT2D eigenvalue weighted by atomic mass is 9.97. The van der Waals surface area contributed by atoms with Crippen LogP contribution in [0.5, 0.6) is 5.75 Å². The number of halogens is 1. The minimum Gasteiger partial charge on any atom is -0.497 e. The average Bonchev–Trinajstić information content (AvgIpc) is 2.48. The molecule has 0 amide bonds. The molecule has 0 heterocycles. The molecule has 2 aromatic carbocycles. The van der Waals surface area contributed by atoms with Gasteiger partial charge in [-0.2, -0.15) is 0 Å². The summed E-state index contributed by atoms with van der Waals surface area (Å²) in [5, 5.41) is 0. The van der Waals surface area contributed by atoms with Gasteiger partial charge in [-0.15, -0.1) is 0 Å². The van der Waals surface area contributed by atoms with Gasteiger partial charge in [0, 0.05) is 0 Å². The van der Waals surface area contributed by atoms with Crippen LogP contribution in [0.2, 0.25) is 0 Å². The zero-order valence-electron chi connectivity index (χ0n) is 11.6. The Labute approximate surface area is 119 Å². The molecule has 0 spiro atoms. The van der Waals surface area contributed by atoms with Gasteiger partial charge in [0.1, 0.15) is 11.6 Å². The van der Waals surface area contributed by atoms with Crippen LogP contribution in [0.1, 0.15) is 18.1 Å². The number of hydrogen-bond acceptors (Lipinski definition) is 1. The van der Waals surface area contributed by atoms with E-state index in [1.165, 1.54) is 12.1 Å². The largest absolute Gasteiger partial charge is 0.497 e. The number of methoxy groups -OCH3 is 1. The van der Waals surface area contributed by atoms with E-state index >= 15 is 0 Å². The SMILES string of the molecule is C/C=C/C=C(/c1cccc(F)c1)c1cccc(OC)c1. The Kier molecular flexibility index (Phi) is 4.72. The van der Waals surface area contributed by atoms with Crippen LogP contribution >= 0.6 is 0 Å². The number of hydrogen-bond donors (Lipinski definition) is 0. The van der Waals surface area contributed by atoms with E-state index in [1.807, 2.05) is 55.5 Å². The Morgan fingerprint density at radius 3 is 2.40 bits per heavy atom. The van der Waals surface area contributed by atoms with Crippen LogP contribution in [0.4, 0.5) is 4.39 Å². The van der Waals surface area contributed by atoms with Crippen LogP contribution in [0, 0.1) is 5.82 Å². The van der Waals surface area contributed by atoms with Crippen LogP contribution in [0.15, 0.2) is 66.8 Å². The van der Waals surface area contributed by atoms with E-state index < -0.39 is 0 Å². The maximum absolute atomic E-state index is 13.4. The minimum atomic E-state index is -0.239. The van der Waals surface area contributed by atoms with Crippen LogP contribution in [-0.2, 0) is 0 Å². The molecule has 0 aliphatic heterocycles. The van der Waals surface area contributed by atoms with Crippen LogP contribution in [-0.4, -0.2) is 7.11 Å². The Balaban J connectivity index is 2.53. The summed E-state index contributed by atoms with van der Waals surface area (Å²) in [4.78, 5) is 0. The first kappa shape index (κ1) is 14.1. The fourth-order valence-corrected chi connectivity index (χ4v) is 2.00. The van der Waals surface area contributed by atoms with Crippen LogP contribution in [0.25, 0.3) is 5.57 Å². The average molecular weight is 268 g/mol. The molecule has 0 bridgehead atoms. The van der Waals surface area contributed by atoms with E-state index in [0.29, 0.717) is 0 Å². The second-order valence-electron chi connectivity index (χ2n) is 4.35. The third kappa shape index (κ3) is 3.35. The van der Waals surface area contributed by atoms with Gasteiger partial charge in [-0.3, -0.25) is 0 Å². The second kappa shape index (κ2) is 6.71. The van der Waals surface area contributed by atoms with Crippen molar-refractivity contribution in [1.82, 2.24) is 0 Å². The molecule has 0 N–H and O–H groups in total. The molecule has 0 saturated carbocycles. The maximum atomic E-state index is 13.4. The number of rotatable bonds is 4. The molecule has 0 atom stereocenters. The molecule has 102 valence electrons. The molecule has 0 fully saturated rings. The highest BCUT2D eigenvalue weighted by Gasteiger charge is 2.06. The Morgan fingerprint density at radius 1 is 1.05 bits per heavy atom. The van der Waals surface area contributed by atoms with Gasteiger partial charge in [-0.1, -0.05) is 42.5 Å². The number of benzene rings is 2. The highest BCUT2D eigenvalue weighted by atomic mass is 19.1. The van der Waals surface area contributed by atoms with Crippen molar-refractivity contribution in [2.45, 2.75) is 6.92 Å². The quantitative estimate of drug-likeness (QED) is 0.721. The summed E-state index contributed by atoms with van der Waals surface area (Å²) >= 11 is 0. The summed E-state index contributed by atoms with van der Waals surface area (Å²) < 4.78 is 18.7. The molecule has 2 rings (SSSR count). The predicted molar refractivity (Wildman–Crippen MR) is 81.3 cm³/mol. The highest BCUT2D eigenvalue weighted by molar-refractivity contribution is 5.81. The summed E-state index contributed by atoms with van der Waals surface area (Å²) in [6, 6.07) is 14.4. The summed E-state index contributed by atoms with van der Waals surface area (Å²) in [6.45, 7) is 1.95. The monoisotopic (exact) mass is 268 g/mol. The van der Waals surface area contributed by atoms with Gasteiger partial charge in [-0.05, 0) is 47.9 Å². The fourth-order valence-electron chi connectivity index (χ4n) is 2.00. The summed E-state index contributed by atoms with van der Waals surface area (Å²) in [7, 11) is 1.64. The van der Waals surface area contributed by atoms with Gasteiger partial charge >= 0.3 is 0 Å². The molecule has 0 saturated heterocycles. The van der Waals surface area contributed by atoms with Crippen molar-refractivity contribution < 1.29 is 9.13 Å². The van der Waals surface area contributed by atoms with E-state index in [2.05, 4.69) is 0 Å². The van der Waals surface area contributed by atoms with Crippen molar-refractivity contribution in [1.29, 1.82) is 0 Å². The lowest BCUT2D eigenvalue weighted by molar-refractivity contribution is 0.414. The van der Waals surface area contributed by atoms with Crippen molar-refractivity contribution >= 4 is 5.57 Å². The Hall–Kier alpha value is -2.35. The first-order valence-corrected chi connectivity index (χ1v) is 6.48. The van der Waals surface area contributed by atoms with Gasteiger partial charge in [0.05, 0.1) is 7.11 Å². The first-order chi connectivity index (χ1) is 9.74. The zero-order valence-corrected chi connectivity index (χ0v) is 11.6. The van der Waals surface area contributed by atoms with Crippen molar-refractivity contribution in [3.63, 3.8) is 0 Å². The second-order valence-corrected chi connectivity index (χ2v) is 4.35. The van der Waals surface area contributed by atoms with Crippen molar-refractivity contribution in [2.24, 2.45) is 0 Å². The molecule has 0 aliphatic carbocycles. The molecule has 20 heavy (non-hydrogen) atoms. The third-order valence-corrected chi connectivity index (χ3v) is 2.97. The predicted octanol–water partition coefficient (Wildman–Crippen LogP) is 4.84. The lowest BCUT2D eigenvalue weighted by Crippen LogP contribution is -1.90. The number of allylic oxidation sites excluding steroid dienone is 3. The molecule has 0 unspecified atom stereocenters. The Morgan fingerprint density at radius 2 is 1.75 bits per heavy atom. The molecule has 2 heteroatoms. The van der Waals surface area contributed by atoms with Gasteiger partial charge in [0.2, 0.25) is 0 Å². The Bertz CT molecular complexity index is 641.